The molecule has 0 heterocycles. The quantitative estimate of drug-likeness (QED) is 0.332. The van der Waals surface area contributed by atoms with Gasteiger partial charge in [0.15, 0.2) is 5.84 Å². The van der Waals surface area contributed by atoms with Gasteiger partial charge >= 0.3 is 6.18 Å². The van der Waals surface area contributed by atoms with Gasteiger partial charge in [0, 0.05) is 6.04 Å². The average Bonchev–Trinajstić information content (AvgIpc) is 2.87. The van der Waals surface area contributed by atoms with E-state index in [0.29, 0.717) is 0 Å². The molecule has 1 amide bonds. The van der Waals surface area contributed by atoms with Crippen LogP contribution in [0.25, 0.3) is 0 Å². The highest BCUT2D eigenvalue weighted by molar-refractivity contribution is 5.87. The van der Waals surface area contributed by atoms with Crippen LogP contribution in [0.5, 0.6) is 0 Å². The van der Waals surface area contributed by atoms with Crippen molar-refractivity contribution in [3.63, 3.8) is 0 Å². The van der Waals surface area contributed by atoms with Crippen molar-refractivity contribution in [1.82, 2.24) is 4.90 Å². The normalized spacial score (nSPS) is 17.4. The number of amides is 1. The zero-order valence-electron chi connectivity index (χ0n) is 10.9. The molecule has 3 N–H and O–H groups in total. The van der Waals surface area contributed by atoms with Crippen molar-refractivity contribution < 1.29 is 27.9 Å². The molecule has 6 nitrogen and oxygen atoms in total. The fraction of sp³-hybridized carbons (Fsp3) is 0.818. The van der Waals surface area contributed by atoms with Crippen molar-refractivity contribution >= 4 is 11.7 Å². The molecule has 0 bridgehead atoms. The van der Waals surface area contributed by atoms with E-state index in [1.807, 2.05) is 0 Å². The zero-order valence-corrected chi connectivity index (χ0v) is 10.9. The number of carbonyl (C=O) groups excluding carboxylic acids is 1. The summed E-state index contributed by atoms with van der Waals surface area (Å²) in [6, 6.07) is -0.0997. The van der Waals surface area contributed by atoms with Gasteiger partial charge in [-0.2, -0.15) is 13.2 Å². The fourth-order valence-electron chi connectivity index (χ4n) is 2.18. The molecule has 0 atom stereocenters. The Balaban J connectivity index is 2.55. The van der Waals surface area contributed by atoms with Crippen LogP contribution in [-0.4, -0.2) is 53.8 Å². The summed E-state index contributed by atoms with van der Waals surface area (Å²) in [5.41, 5.74) is 5.36. The number of nitrogens with zero attached hydrogens (tertiary/aromatic N) is 2. The minimum Gasteiger partial charge on any atom is -0.409 e. The first-order chi connectivity index (χ1) is 9.33. The van der Waals surface area contributed by atoms with E-state index in [1.165, 1.54) is 4.90 Å². The molecule has 1 rings (SSSR count). The molecular weight excluding hydrogens is 279 g/mol. The first-order valence-corrected chi connectivity index (χ1v) is 6.24. The Morgan fingerprint density at radius 2 is 2.00 bits per heavy atom. The van der Waals surface area contributed by atoms with Crippen LogP contribution in [0.15, 0.2) is 5.16 Å². The second kappa shape index (κ2) is 7.32. The second-order valence-electron chi connectivity index (χ2n) is 4.66. The average molecular weight is 297 g/mol. The molecule has 116 valence electrons. The number of alkyl halides is 3. The van der Waals surface area contributed by atoms with Crippen LogP contribution in [0.2, 0.25) is 0 Å². The van der Waals surface area contributed by atoms with Gasteiger partial charge in [-0.25, -0.2) is 0 Å². The van der Waals surface area contributed by atoms with Crippen molar-refractivity contribution in [3.05, 3.63) is 0 Å². The van der Waals surface area contributed by atoms with Crippen LogP contribution in [0.1, 0.15) is 25.7 Å². The molecule has 0 radical (unpaired) electrons. The molecule has 1 fully saturated rings. The van der Waals surface area contributed by atoms with E-state index >= 15 is 0 Å². The Kier molecular flexibility index (Phi) is 6.05. The van der Waals surface area contributed by atoms with E-state index in [2.05, 4.69) is 9.89 Å². The number of amidine groups is 1. The van der Waals surface area contributed by atoms with Crippen molar-refractivity contribution in [2.75, 3.05) is 19.8 Å². The zero-order chi connectivity index (χ0) is 15.2. The van der Waals surface area contributed by atoms with Crippen LogP contribution in [0, 0.1) is 0 Å². The van der Waals surface area contributed by atoms with Crippen LogP contribution in [-0.2, 0) is 9.53 Å². The summed E-state index contributed by atoms with van der Waals surface area (Å²) < 4.78 is 40.2. The van der Waals surface area contributed by atoms with Crippen molar-refractivity contribution in [1.29, 1.82) is 0 Å². The van der Waals surface area contributed by atoms with Crippen LogP contribution < -0.4 is 5.73 Å². The van der Waals surface area contributed by atoms with Gasteiger partial charge in [-0.05, 0) is 12.8 Å². The number of hydrogen-bond acceptors (Lipinski definition) is 4. The molecule has 0 aromatic rings. The Labute approximate surface area is 114 Å². The highest BCUT2D eigenvalue weighted by atomic mass is 19.4. The maximum absolute atomic E-state index is 12.0. The number of nitrogens with two attached hydrogens (primary N) is 1. The Bertz CT molecular complexity index is 355. The minimum absolute atomic E-state index is 0.0997. The molecule has 0 spiro atoms. The van der Waals surface area contributed by atoms with Gasteiger partial charge in [0.2, 0.25) is 5.91 Å². The predicted molar refractivity (Wildman–Crippen MR) is 64.3 cm³/mol. The Hall–Kier alpha value is -1.51. The highest BCUT2D eigenvalue weighted by Crippen LogP contribution is 2.23. The number of carbonyl (C=O) groups is 1. The van der Waals surface area contributed by atoms with Gasteiger partial charge in [-0.3, -0.25) is 4.79 Å². The van der Waals surface area contributed by atoms with Gasteiger partial charge in [-0.15, -0.1) is 0 Å². The highest BCUT2D eigenvalue weighted by Gasteiger charge is 2.30. The van der Waals surface area contributed by atoms with Gasteiger partial charge in [0.25, 0.3) is 0 Å². The number of halogens is 3. The lowest BCUT2D eigenvalue weighted by Gasteiger charge is -2.28. The standard InChI is InChI=1S/C11H18F3N3O3/c12-11(13,14)7-20-6-10(18)17(5-9(15)16-19)8-3-1-2-4-8/h8,19H,1-7H2,(H2,15,16). The molecule has 1 saturated carbocycles. The molecule has 0 aromatic carbocycles. The molecular formula is C11H18F3N3O3. The monoisotopic (exact) mass is 297 g/mol. The lowest BCUT2D eigenvalue weighted by molar-refractivity contribution is -0.178. The van der Waals surface area contributed by atoms with E-state index in [0.717, 1.165) is 25.7 Å². The molecule has 0 unspecified atom stereocenters. The lowest BCUT2D eigenvalue weighted by Crippen LogP contribution is -2.46. The number of ether oxygens (including phenoxy) is 1. The van der Waals surface area contributed by atoms with Crippen LogP contribution >= 0.6 is 0 Å². The lowest BCUT2D eigenvalue weighted by atomic mass is 10.2. The molecule has 0 aromatic heterocycles. The number of oxime groups is 1. The predicted octanol–water partition coefficient (Wildman–Crippen LogP) is 1.08. The fourth-order valence-corrected chi connectivity index (χ4v) is 2.18. The van der Waals surface area contributed by atoms with E-state index in [1.54, 1.807) is 0 Å². The number of rotatable bonds is 6. The number of hydrogen-bond donors (Lipinski definition) is 2. The van der Waals surface area contributed by atoms with E-state index in [-0.39, 0.29) is 18.4 Å². The first-order valence-electron chi connectivity index (χ1n) is 6.24. The summed E-state index contributed by atoms with van der Waals surface area (Å²) in [7, 11) is 0. The van der Waals surface area contributed by atoms with E-state index in [9.17, 15) is 18.0 Å². The first kappa shape index (κ1) is 16.5. The van der Waals surface area contributed by atoms with Gasteiger partial charge in [0.05, 0.1) is 6.54 Å². The van der Waals surface area contributed by atoms with Gasteiger partial charge in [0.1, 0.15) is 13.2 Å². The topological polar surface area (TPSA) is 88.2 Å². The van der Waals surface area contributed by atoms with E-state index in [4.69, 9.17) is 10.9 Å². The minimum atomic E-state index is -4.47. The van der Waals surface area contributed by atoms with Crippen LogP contribution in [0.3, 0.4) is 0 Å². The molecule has 0 saturated heterocycles. The smallest absolute Gasteiger partial charge is 0.409 e. The third-order valence-corrected chi connectivity index (χ3v) is 3.04. The van der Waals surface area contributed by atoms with Gasteiger partial charge in [-0.1, -0.05) is 18.0 Å². The summed E-state index contributed by atoms with van der Waals surface area (Å²) in [5, 5.41) is 11.3. The van der Waals surface area contributed by atoms with E-state index < -0.39 is 25.3 Å². The summed E-state index contributed by atoms with van der Waals surface area (Å²) >= 11 is 0. The van der Waals surface area contributed by atoms with Gasteiger partial charge < -0.3 is 20.6 Å². The van der Waals surface area contributed by atoms with Crippen molar-refractivity contribution in [2.45, 2.75) is 37.9 Å². The van der Waals surface area contributed by atoms with Crippen LogP contribution in [0.4, 0.5) is 13.2 Å². The third kappa shape index (κ3) is 5.64. The summed E-state index contributed by atoms with van der Waals surface area (Å²) in [6.07, 6.45) is -1.08. The SMILES string of the molecule is NC(CN(C(=O)COCC(F)(F)F)C1CCCC1)=NO. The largest absolute Gasteiger partial charge is 0.411 e. The molecule has 1 aliphatic carbocycles. The second-order valence-corrected chi connectivity index (χ2v) is 4.66. The Morgan fingerprint density at radius 1 is 1.40 bits per heavy atom. The maximum atomic E-state index is 12.0. The van der Waals surface area contributed by atoms with Crippen molar-refractivity contribution in [2.24, 2.45) is 10.9 Å². The summed E-state index contributed by atoms with van der Waals surface area (Å²) in [6.45, 7) is -2.26. The molecule has 1 aliphatic rings. The molecule has 20 heavy (non-hydrogen) atoms. The summed E-state index contributed by atoms with van der Waals surface area (Å²) in [4.78, 5) is 13.2. The molecule has 9 heteroatoms. The third-order valence-electron chi connectivity index (χ3n) is 3.04. The summed E-state index contributed by atoms with van der Waals surface area (Å²) in [5.74, 6) is -0.756. The molecule has 0 aliphatic heterocycles. The maximum Gasteiger partial charge on any atom is 0.411 e. The van der Waals surface area contributed by atoms with Crippen molar-refractivity contribution in [3.8, 4) is 0 Å². The Morgan fingerprint density at radius 3 is 2.50 bits per heavy atom.